The highest BCUT2D eigenvalue weighted by Gasteiger charge is 2.10. The molecule has 0 atom stereocenters. The van der Waals surface area contributed by atoms with Gasteiger partial charge in [0.2, 0.25) is 0 Å². The minimum absolute atomic E-state index is 0.172. The maximum absolute atomic E-state index is 12.0. The normalized spacial score (nSPS) is 11.7. The quantitative estimate of drug-likeness (QED) is 0.757. The Bertz CT molecular complexity index is 743. The fourth-order valence-electron chi connectivity index (χ4n) is 1.65. The molecule has 2 rings (SSSR count). The van der Waals surface area contributed by atoms with Gasteiger partial charge in [-0.2, -0.15) is 12.8 Å². The Hall–Kier alpha value is -1.66. The standard InChI is InChI=1S/C15H14BrNO3S/c1-2-20-15-9-8-12(10-14(15)16)11-17-21(18,19)13-6-4-3-5-7-13/h3-11H,2H2,1H3/b17-11-. The molecule has 0 spiro atoms. The lowest BCUT2D eigenvalue weighted by Gasteiger charge is -2.05. The van der Waals surface area contributed by atoms with Gasteiger partial charge < -0.3 is 4.74 Å². The third-order valence-electron chi connectivity index (χ3n) is 2.64. The number of sulfonamides is 1. The van der Waals surface area contributed by atoms with Crippen molar-refractivity contribution in [3.05, 3.63) is 58.6 Å². The van der Waals surface area contributed by atoms with Crippen molar-refractivity contribution in [2.45, 2.75) is 11.8 Å². The summed E-state index contributed by atoms with van der Waals surface area (Å²) in [4.78, 5) is 0.172. The first kappa shape index (κ1) is 15.7. The van der Waals surface area contributed by atoms with Crippen LogP contribution >= 0.6 is 15.9 Å². The second-order valence-corrected chi connectivity index (χ2v) is 6.63. The van der Waals surface area contributed by atoms with E-state index in [-0.39, 0.29) is 4.90 Å². The van der Waals surface area contributed by atoms with Gasteiger partial charge in [0, 0.05) is 6.21 Å². The van der Waals surface area contributed by atoms with Crippen molar-refractivity contribution in [3.8, 4) is 5.75 Å². The minimum Gasteiger partial charge on any atom is -0.493 e. The topological polar surface area (TPSA) is 55.7 Å². The molecule has 0 radical (unpaired) electrons. The van der Waals surface area contributed by atoms with Gasteiger partial charge in [-0.1, -0.05) is 18.2 Å². The Labute approximate surface area is 132 Å². The minimum atomic E-state index is -3.67. The summed E-state index contributed by atoms with van der Waals surface area (Å²) in [6.45, 7) is 2.46. The molecular weight excluding hydrogens is 354 g/mol. The molecule has 0 amide bonds. The van der Waals surface area contributed by atoms with E-state index in [0.29, 0.717) is 17.9 Å². The summed E-state index contributed by atoms with van der Waals surface area (Å²) in [6.07, 6.45) is 1.32. The van der Waals surface area contributed by atoms with Crippen LogP contribution in [0.15, 0.2) is 62.3 Å². The molecule has 0 saturated carbocycles. The van der Waals surface area contributed by atoms with Crippen LogP contribution in [-0.4, -0.2) is 21.2 Å². The molecule has 21 heavy (non-hydrogen) atoms. The van der Waals surface area contributed by atoms with E-state index in [1.165, 1.54) is 18.3 Å². The molecule has 2 aromatic carbocycles. The van der Waals surface area contributed by atoms with Crippen LogP contribution in [0.4, 0.5) is 0 Å². The highest BCUT2D eigenvalue weighted by molar-refractivity contribution is 9.10. The second-order valence-electron chi connectivity index (χ2n) is 4.15. The van der Waals surface area contributed by atoms with Gasteiger partial charge >= 0.3 is 0 Å². The third-order valence-corrected chi connectivity index (χ3v) is 4.51. The van der Waals surface area contributed by atoms with E-state index in [4.69, 9.17) is 4.74 Å². The van der Waals surface area contributed by atoms with E-state index in [0.717, 1.165) is 4.47 Å². The summed E-state index contributed by atoms with van der Waals surface area (Å²) in [6, 6.07) is 13.4. The van der Waals surface area contributed by atoms with E-state index in [9.17, 15) is 8.42 Å². The van der Waals surface area contributed by atoms with Crippen LogP contribution in [0.5, 0.6) is 5.75 Å². The lowest BCUT2D eigenvalue weighted by molar-refractivity contribution is 0.338. The first-order valence-electron chi connectivity index (χ1n) is 6.30. The predicted octanol–water partition coefficient (Wildman–Crippen LogP) is 3.66. The van der Waals surface area contributed by atoms with E-state index < -0.39 is 10.0 Å². The first-order valence-corrected chi connectivity index (χ1v) is 8.54. The Balaban J connectivity index is 2.23. The average molecular weight is 368 g/mol. The summed E-state index contributed by atoms with van der Waals surface area (Å²) in [5.74, 6) is 0.709. The highest BCUT2D eigenvalue weighted by atomic mass is 79.9. The number of halogens is 1. The number of nitrogens with zero attached hydrogens (tertiary/aromatic N) is 1. The molecule has 6 heteroatoms. The van der Waals surface area contributed by atoms with Crippen LogP contribution < -0.4 is 4.74 Å². The molecule has 0 saturated heterocycles. The SMILES string of the molecule is CCOc1ccc(/C=N\S(=O)(=O)c2ccccc2)cc1Br. The number of benzene rings is 2. The van der Waals surface area contributed by atoms with Crippen molar-refractivity contribution >= 4 is 32.2 Å². The molecule has 0 bridgehead atoms. The van der Waals surface area contributed by atoms with Crippen LogP contribution in [0.1, 0.15) is 12.5 Å². The molecule has 0 aliphatic carbocycles. The van der Waals surface area contributed by atoms with Crippen molar-refractivity contribution in [1.29, 1.82) is 0 Å². The van der Waals surface area contributed by atoms with Gasteiger partial charge in [-0.3, -0.25) is 0 Å². The maximum atomic E-state index is 12.0. The number of hydrogen-bond acceptors (Lipinski definition) is 3. The van der Waals surface area contributed by atoms with Gasteiger partial charge in [0.25, 0.3) is 10.0 Å². The van der Waals surface area contributed by atoms with E-state index in [2.05, 4.69) is 20.3 Å². The third kappa shape index (κ3) is 4.15. The second kappa shape index (κ2) is 6.87. The Morgan fingerprint density at radius 1 is 1.19 bits per heavy atom. The maximum Gasteiger partial charge on any atom is 0.282 e. The molecule has 0 heterocycles. The van der Waals surface area contributed by atoms with Crippen LogP contribution in [0.3, 0.4) is 0 Å². The Morgan fingerprint density at radius 2 is 1.90 bits per heavy atom. The summed E-state index contributed by atoms with van der Waals surface area (Å²) in [5, 5.41) is 0. The Kier molecular flexibility index (Phi) is 5.14. The van der Waals surface area contributed by atoms with E-state index in [1.54, 1.807) is 36.4 Å². The zero-order valence-electron chi connectivity index (χ0n) is 11.4. The van der Waals surface area contributed by atoms with Crippen molar-refractivity contribution in [2.24, 2.45) is 4.40 Å². The van der Waals surface area contributed by atoms with Gasteiger partial charge in [0.15, 0.2) is 0 Å². The molecule has 0 aliphatic rings. The van der Waals surface area contributed by atoms with Crippen LogP contribution in [0.2, 0.25) is 0 Å². The summed E-state index contributed by atoms with van der Waals surface area (Å²) in [5.41, 5.74) is 0.671. The zero-order valence-corrected chi connectivity index (χ0v) is 13.8. The van der Waals surface area contributed by atoms with E-state index in [1.807, 2.05) is 6.92 Å². The van der Waals surface area contributed by atoms with Crippen molar-refractivity contribution in [2.75, 3.05) is 6.61 Å². The van der Waals surface area contributed by atoms with Crippen LogP contribution in [0, 0.1) is 0 Å². The number of hydrogen-bond donors (Lipinski definition) is 0. The molecule has 0 unspecified atom stereocenters. The molecule has 2 aromatic rings. The van der Waals surface area contributed by atoms with Gasteiger partial charge in [0.05, 0.1) is 16.0 Å². The summed E-state index contributed by atoms with van der Waals surface area (Å²) < 4.78 is 33.9. The molecular formula is C15H14BrNO3S. The molecule has 0 N–H and O–H groups in total. The van der Waals surface area contributed by atoms with E-state index >= 15 is 0 Å². The molecule has 0 aliphatic heterocycles. The fourth-order valence-corrected chi connectivity index (χ4v) is 3.05. The van der Waals surface area contributed by atoms with Gasteiger partial charge in [-0.15, -0.1) is 0 Å². The van der Waals surface area contributed by atoms with Crippen molar-refractivity contribution in [3.63, 3.8) is 0 Å². The molecule has 110 valence electrons. The highest BCUT2D eigenvalue weighted by Crippen LogP contribution is 2.25. The summed E-state index contributed by atoms with van der Waals surface area (Å²) in [7, 11) is -3.67. The first-order chi connectivity index (χ1) is 10.0. The molecule has 4 nitrogen and oxygen atoms in total. The largest absolute Gasteiger partial charge is 0.493 e. The van der Waals surface area contributed by atoms with Crippen molar-refractivity contribution in [1.82, 2.24) is 0 Å². The van der Waals surface area contributed by atoms with Crippen LogP contribution in [-0.2, 0) is 10.0 Å². The molecule has 0 fully saturated rings. The zero-order chi connectivity index (χ0) is 15.3. The molecule has 0 aromatic heterocycles. The Morgan fingerprint density at radius 3 is 2.52 bits per heavy atom. The van der Waals surface area contributed by atoms with Gasteiger partial charge in [-0.25, -0.2) is 0 Å². The van der Waals surface area contributed by atoms with Crippen LogP contribution in [0.25, 0.3) is 0 Å². The van der Waals surface area contributed by atoms with Gasteiger partial charge in [0.1, 0.15) is 5.75 Å². The lowest BCUT2D eigenvalue weighted by Crippen LogP contribution is -1.98. The number of rotatable bonds is 5. The summed E-state index contributed by atoms with van der Waals surface area (Å²) >= 11 is 3.38. The van der Waals surface area contributed by atoms with Crippen molar-refractivity contribution < 1.29 is 13.2 Å². The predicted molar refractivity (Wildman–Crippen MR) is 86.5 cm³/mol. The lowest BCUT2D eigenvalue weighted by atomic mass is 10.2. The number of ether oxygens (including phenoxy) is 1. The monoisotopic (exact) mass is 367 g/mol. The van der Waals surface area contributed by atoms with Gasteiger partial charge in [-0.05, 0) is 58.7 Å². The smallest absolute Gasteiger partial charge is 0.282 e. The fraction of sp³-hybridized carbons (Fsp3) is 0.133. The average Bonchev–Trinajstić information content (AvgIpc) is 2.49.